The molecule has 0 unspecified atom stereocenters. The van der Waals surface area contributed by atoms with Crippen LogP contribution in [0.25, 0.3) is 5.57 Å². The van der Waals surface area contributed by atoms with Gasteiger partial charge in [-0.15, -0.1) is 0 Å². The van der Waals surface area contributed by atoms with Gasteiger partial charge in [0.1, 0.15) is 11.5 Å². The topological polar surface area (TPSA) is 164 Å². The molecule has 0 radical (unpaired) electrons. The second kappa shape index (κ2) is 12.5. The van der Waals surface area contributed by atoms with E-state index in [1.165, 1.54) is 18.0 Å². The van der Waals surface area contributed by atoms with Crippen LogP contribution in [0, 0.1) is 11.3 Å². The number of β-lactam (4-membered cyclic amide) rings is 1. The fourth-order valence-corrected chi connectivity index (χ4v) is 4.86. The molecular formula is C30H34N4O8. The number of nitrogens with zero attached hydrogens (tertiary/aromatic N) is 2. The summed E-state index contributed by atoms with van der Waals surface area (Å²) in [6.07, 6.45) is 0.879. The van der Waals surface area contributed by atoms with E-state index < -0.39 is 59.9 Å². The maximum Gasteiger partial charge on any atom is 0.358 e. The van der Waals surface area contributed by atoms with Crippen LogP contribution in [0.15, 0.2) is 54.4 Å². The number of nitrogens with one attached hydrogen (secondary N) is 2. The Balaban J connectivity index is 1.46. The van der Waals surface area contributed by atoms with Crippen molar-refractivity contribution >= 4 is 41.1 Å². The van der Waals surface area contributed by atoms with Crippen LogP contribution < -0.4 is 10.6 Å². The molecule has 12 nitrogen and oxygen atoms in total. The Bertz CT molecular complexity index is 1410. The number of hydrogen-bond donors (Lipinski definition) is 3. The van der Waals surface area contributed by atoms with Crippen LogP contribution in [0.5, 0.6) is 0 Å². The largest absolute Gasteiger partial charge is 0.427 e. The summed E-state index contributed by atoms with van der Waals surface area (Å²) < 4.78 is 10.3. The molecule has 3 atom stereocenters. The van der Waals surface area contributed by atoms with Crippen molar-refractivity contribution < 1.29 is 38.6 Å². The van der Waals surface area contributed by atoms with Crippen molar-refractivity contribution in [3.8, 4) is 0 Å². The highest BCUT2D eigenvalue weighted by molar-refractivity contribution is 6.07. The molecule has 4 rings (SSSR count). The van der Waals surface area contributed by atoms with Crippen LogP contribution in [0.4, 0.5) is 5.82 Å². The normalized spacial score (nSPS) is 18.5. The first-order valence-corrected chi connectivity index (χ1v) is 13.5. The lowest BCUT2D eigenvalue weighted by Crippen LogP contribution is -2.61. The summed E-state index contributed by atoms with van der Waals surface area (Å²) in [5.41, 5.74) is 0.950. The summed E-state index contributed by atoms with van der Waals surface area (Å²) >= 11 is 0. The molecule has 1 saturated heterocycles. The van der Waals surface area contributed by atoms with Crippen molar-refractivity contribution in [3.05, 3.63) is 65.5 Å². The maximum absolute atomic E-state index is 13.2. The summed E-state index contributed by atoms with van der Waals surface area (Å²) in [7, 11) is 0. The number of hydrogen-bond acceptors (Lipinski definition) is 9. The van der Waals surface area contributed by atoms with Gasteiger partial charge in [-0.1, -0.05) is 30.3 Å². The van der Waals surface area contributed by atoms with Gasteiger partial charge >= 0.3 is 11.9 Å². The number of fused-ring (bicyclic) bond motifs is 1. The van der Waals surface area contributed by atoms with Gasteiger partial charge in [0, 0.05) is 6.20 Å². The number of aromatic nitrogens is 1. The van der Waals surface area contributed by atoms with E-state index in [2.05, 4.69) is 15.6 Å². The van der Waals surface area contributed by atoms with Crippen molar-refractivity contribution in [2.24, 2.45) is 11.3 Å². The highest BCUT2D eigenvalue weighted by atomic mass is 16.7. The van der Waals surface area contributed by atoms with Crippen molar-refractivity contribution in [2.75, 3.05) is 18.7 Å². The second-order valence-corrected chi connectivity index (χ2v) is 11.2. The molecule has 1 fully saturated rings. The monoisotopic (exact) mass is 578 g/mol. The number of rotatable bonds is 10. The molecule has 0 saturated carbocycles. The predicted octanol–water partition coefficient (Wildman–Crippen LogP) is 1.79. The standard InChI is InChI=1S/C30H34N4O8/c1-17(35)25-21-14-20(26(34(21)27(25)38)28(39)41-16-42-29(40)30(2,3)4)19-9-7-8-18(12-19)13-23(36)32-15-24(37)33-22-10-5-6-11-31-22/h5-12,17,21,25,35H,13-16H2,1-4H3,(H,32,36)(H,31,33,37)/t17-,21-,25-/m1/s1. The zero-order valence-electron chi connectivity index (χ0n) is 23.9. The van der Waals surface area contributed by atoms with E-state index in [0.717, 1.165) is 0 Å². The number of amides is 3. The number of benzene rings is 1. The summed E-state index contributed by atoms with van der Waals surface area (Å²) in [6, 6.07) is 11.6. The van der Waals surface area contributed by atoms with Crippen LogP contribution in [0.1, 0.15) is 45.2 Å². The van der Waals surface area contributed by atoms with Crippen LogP contribution in [0.2, 0.25) is 0 Å². The minimum Gasteiger partial charge on any atom is -0.427 e. The van der Waals surface area contributed by atoms with Gasteiger partial charge in [-0.05, 0) is 62.9 Å². The average Bonchev–Trinajstić information content (AvgIpc) is 3.27. The minimum atomic E-state index is -0.909. The number of ether oxygens (including phenoxy) is 2. The lowest BCUT2D eigenvalue weighted by Gasteiger charge is -2.44. The third-order valence-corrected chi connectivity index (χ3v) is 6.93. The third kappa shape index (κ3) is 6.82. The van der Waals surface area contributed by atoms with E-state index in [4.69, 9.17) is 9.47 Å². The van der Waals surface area contributed by atoms with Gasteiger partial charge < -0.3 is 30.1 Å². The number of carbonyl (C=O) groups excluding carboxylic acids is 5. The molecule has 1 aromatic carbocycles. The molecule has 0 aliphatic carbocycles. The molecule has 0 spiro atoms. The molecule has 2 aliphatic heterocycles. The summed E-state index contributed by atoms with van der Waals surface area (Å²) in [4.78, 5) is 68.2. The lowest BCUT2D eigenvalue weighted by atomic mass is 9.82. The van der Waals surface area contributed by atoms with E-state index in [0.29, 0.717) is 22.5 Å². The van der Waals surface area contributed by atoms with Gasteiger partial charge in [0.05, 0.1) is 36.4 Å². The molecular weight excluding hydrogens is 544 g/mol. The van der Waals surface area contributed by atoms with Gasteiger partial charge in [0.2, 0.25) is 24.5 Å². The highest BCUT2D eigenvalue weighted by Crippen LogP contribution is 2.47. The second-order valence-electron chi connectivity index (χ2n) is 11.2. The smallest absolute Gasteiger partial charge is 0.358 e. The molecule has 3 heterocycles. The van der Waals surface area contributed by atoms with E-state index in [1.807, 2.05) is 0 Å². The van der Waals surface area contributed by atoms with Crippen LogP contribution >= 0.6 is 0 Å². The molecule has 12 heteroatoms. The van der Waals surface area contributed by atoms with Crippen LogP contribution in [-0.2, 0) is 39.9 Å². The number of aliphatic hydroxyl groups is 1. The third-order valence-electron chi connectivity index (χ3n) is 6.93. The fraction of sp³-hybridized carbons (Fsp3) is 0.400. The predicted molar refractivity (Wildman–Crippen MR) is 150 cm³/mol. The Labute approximate surface area is 243 Å². The molecule has 3 amide bonds. The van der Waals surface area contributed by atoms with E-state index in [1.54, 1.807) is 63.2 Å². The van der Waals surface area contributed by atoms with Crippen molar-refractivity contribution in [3.63, 3.8) is 0 Å². The minimum absolute atomic E-state index is 0.0153. The molecule has 2 aliphatic rings. The van der Waals surface area contributed by atoms with Crippen LogP contribution in [-0.4, -0.2) is 70.1 Å². The highest BCUT2D eigenvalue weighted by Gasteiger charge is 2.57. The van der Waals surface area contributed by atoms with E-state index in [9.17, 15) is 29.1 Å². The lowest BCUT2D eigenvalue weighted by molar-refractivity contribution is -0.175. The number of carbonyl (C=O) groups is 5. The summed E-state index contributed by atoms with van der Waals surface area (Å²) in [5.74, 6) is -2.91. The van der Waals surface area contributed by atoms with E-state index in [-0.39, 0.29) is 25.1 Å². The summed E-state index contributed by atoms with van der Waals surface area (Å²) in [5, 5.41) is 15.3. The molecule has 222 valence electrons. The first-order valence-electron chi connectivity index (χ1n) is 13.5. The molecule has 42 heavy (non-hydrogen) atoms. The number of pyridine rings is 1. The number of esters is 2. The van der Waals surface area contributed by atoms with Gasteiger partial charge in [0.15, 0.2) is 0 Å². The molecule has 0 bridgehead atoms. The SMILES string of the molecule is C[C@@H](O)[C@H]1C(=O)N2C(C(=O)OCOC(=O)C(C)(C)C)=C(c3cccc(CC(=O)NCC(=O)Nc4ccccn4)c3)C[C@H]12. The van der Waals surface area contributed by atoms with Gasteiger partial charge in [-0.3, -0.25) is 19.2 Å². The van der Waals surface area contributed by atoms with E-state index >= 15 is 0 Å². The van der Waals surface area contributed by atoms with Gasteiger partial charge in [-0.2, -0.15) is 0 Å². The maximum atomic E-state index is 13.2. The Morgan fingerprint density at radius 2 is 1.86 bits per heavy atom. The molecule has 3 N–H and O–H groups in total. The van der Waals surface area contributed by atoms with Gasteiger partial charge in [-0.25, -0.2) is 9.78 Å². The molecule has 2 aromatic rings. The van der Waals surface area contributed by atoms with Crippen molar-refractivity contribution in [2.45, 2.75) is 52.7 Å². The Morgan fingerprint density at radius 3 is 2.52 bits per heavy atom. The first kappa shape index (κ1) is 30.4. The Kier molecular flexibility index (Phi) is 9.05. The van der Waals surface area contributed by atoms with Gasteiger partial charge in [0.25, 0.3) is 0 Å². The first-order chi connectivity index (χ1) is 19.9. The van der Waals surface area contributed by atoms with Crippen molar-refractivity contribution in [1.29, 1.82) is 0 Å². The Morgan fingerprint density at radius 1 is 1.10 bits per heavy atom. The number of aliphatic hydroxyl groups excluding tert-OH is 1. The van der Waals surface area contributed by atoms with Crippen molar-refractivity contribution in [1.82, 2.24) is 15.2 Å². The number of anilines is 1. The average molecular weight is 579 g/mol. The van der Waals surface area contributed by atoms with Crippen LogP contribution in [0.3, 0.4) is 0 Å². The summed E-state index contributed by atoms with van der Waals surface area (Å²) in [6.45, 7) is 5.66. The fourth-order valence-electron chi connectivity index (χ4n) is 4.86. The Hall–Kier alpha value is -4.58. The molecule has 1 aromatic heterocycles. The quantitative estimate of drug-likeness (QED) is 0.217. The zero-order chi connectivity index (χ0) is 30.6. The zero-order valence-corrected chi connectivity index (χ0v) is 23.9.